The number of nitrogens with zero attached hydrogens (tertiary/aromatic N) is 2. The van der Waals surface area contributed by atoms with Gasteiger partial charge in [-0.1, -0.05) is 12.1 Å². The van der Waals surface area contributed by atoms with Crippen molar-refractivity contribution in [3.8, 4) is 0 Å². The van der Waals surface area contributed by atoms with Gasteiger partial charge in [0.05, 0.1) is 5.57 Å². The molecular weight excluding hydrogens is 356 g/mol. The predicted molar refractivity (Wildman–Crippen MR) is 104 cm³/mol. The van der Waals surface area contributed by atoms with Crippen molar-refractivity contribution in [2.45, 2.75) is 19.9 Å². The maximum absolute atomic E-state index is 12.9. The molecule has 1 amide bonds. The predicted octanol–water partition coefficient (Wildman–Crippen LogP) is 3.92. The number of hydrogen-bond acceptors (Lipinski definition) is 5. The molecule has 1 fully saturated rings. The Hall–Kier alpha value is -3.67. The molecule has 4 rings (SSSR count). The van der Waals surface area contributed by atoms with Crippen molar-refractivity contribution in [2.75, 3.05) is 4.90 Å². The number of pyridine rings is 1. The summed E-state index contributed by atoms with van der Waals surface area (Å²) in [7, 11) is 0. The van der Waals surface area contributed by atoms with Crippen LogP contribution in [0, 0.1) is 13.8 Å². The van der Waals surface area contributed by atoms with E-state index < -0.39 is 17.7 Å². The Bertz CT molecular complexity index is 1100. The Balaban J connectivity index is 1.95. The Kier molecular flexibility index (Phi) is 4.31. The molecule has 1 aliphatic rings. The highest BCUT2D eigenvalue weighted by atomic mass is 16.3. The van der Waals surface area contributed by atoms with E-state index in [9.17, 15) is 14.7 Å². The fourth-order valence-corrected chi connectivity index (χ4v) is 3.41. The van der Waals surface area contributed by atoms with Crippen LogP contribution < -0.4 is 4.90 Å². The normalized spacial score (nSPS) is 18.6. The number of aliphatic hydroxyl groups is 1. The summed E-state index contributed by atoms with van der Waals surface area (Å²) < 4.78 is 5.76. The van der Waals surface area contributed by atoms with Gasteiger partial charge in [-0.05, 0) is 55.8 Å². The van der Waals surface area contributed by atoms with Gasteiger partial charge in [0.25, 0.3) is 11.7 Å². The second kappa shape index (κ2) is 6.81. The first kappa shape index (κ1) is 17.7. The number of aromatic nitrogens is 1. The minimum atomic E-state index is -0.858. The number of hydrogen-bond donors (Lipinski definition) is 1. The van der Waals surface area contributed by atoms with Crippen molar-refractivity contribution in [1.82, 2.24) is 4.98 Å². The Labute approximate surface area is 161 Å². The van der Waals surface area contributed by atoms with Crippen LogP contribution in [0.25, 0.3) is 5.76 Å². The van der Waals surface area contributed by atoms with E-state index in [0.29, 0.717) is 22.8 Å². The van der Waals surface area contributed by atoms with Gasteiger partial charge in [0.2, 0.25) is 0 Å². The lowest BCUT2D eigenvalue weighted by Gasteiger charge is -2.23. The Morgan fingerprint density at radius 2 is 1.82 bits per heavy atom. The molecular formula is C22H18N2O4. The number of ketones is 1. The molecule has 0 saturated carbocycles. The fraction of sp³-hybridized carbons (Fsp3) is 0.136. The fourth-order valence-electron chi connectivity index (χ4n) is 3.41. The van der Waals surface area contributed by atoms with Crippen molar-refractivity contribution in [3.63, 3.8) is 0 Å². The van der Waals surface area contributed by atoms with Gasteiger partial charge in [0.1, 0.15) is 23.3 Å². The highest BCUT2D eigenvalue weighted by Crippen LogP contribution is 2.42. The van der Waals surface area contributed by atoms with E-state index >= 15 is 0 Å². The lowest BCUT2D eigenvalue weighted by Crippen LogP contribution is -2.29. The van der Waals surface area contributed by atoms with Crippen LogP contribution in [0.4, 0.5) is 5.69 Å². The summed E-state index contributed by atoms with van der Waals surface area (Å²) in [6.45, 7) is 3.69. The van der Waals surface area contributed by atoms with Crippen molar-refractivity contribution >= 4 is 23.1 Å². The van der Waals surface area contributed by atoms with Crippen LogP contribution >= 0.6 is 0 Å². The molecule has 3 aromatic rings. The quantitative estimate of drug-likeness (QED) is 0.427. The maximum Gasteiger partial charge on any atom is 0.300 e. The van der Waals surface area contributed by atoms with Crippen LogP contribution in [0.15, 0.2) is 70.9 Å². The molecule has 0 radical (unpaired) electrons. The second-order valence-electron chi connectivity index (χ2n) is 6.69. The van der Waals surface area contributed by atoms with E-state index in [4.69, 9.17) is 4.42 Å². The minimum absolute atomic E-state index is 0.00736. The number of benzene rings is 1. The van der Waals surface area contributed by atoms with E-state index in [-0.39, 0.29) is 11.3 Å². The van der Waals surface area contributed by atoms with Crippen molar-refractivity contribution < 1.29 is 19.1 Å². The number of furan rings is 1. The zero-order valence-electron chi connectivity index (χ0n) is 15.4. The minimum Gasteiger partial charge on any atom is -0.507 e. The molecule has 0 spiro atoms. The average Bonchev–Trinajstić information content (AvgIpc) is 3.23. The molecule has 1 atom stereocenters. The lowest BCUT2D eigenvalue weighted by molar-refractivity contribution is -0.132. The summed E-state index contributed by atoms with van der Waals surface area (Å²) in [5, 5.41) is 10.9. The summed E-state index contributed by atoms with van der Waals surface area (Å²) in [5.41, 5.74) is 1.91. The van der Waals surface area contributed by atoms with Crippen molar-refractivity contribution in [1.29, 1.82) is 0 Å². The van der Waals surface area contributed by atoms with Gasteiger partial charge >= 0.3 is 0 Å². The number of aliphatic hydroxyl groups excluding tert-OH is 1. The Morgan fingerprint density at radius 1 is 1.07 bits per heavy atom. The van der Waals surface area contributed by atoms with Gasteiger partial charge in [0, 0.05) is 23.6 Å². The third-order valence-corrected chi connectivity index (χ3v) is 4.71. The molecule has 6 nitrogen and oxygen atoms in total. The smallest absolute Gasteiger partial charge is 0.300 e. The van der Waals surface area contributed by atoms with Crippen LogP contribution in [-0.2, 0) is 9.59 Å². The van der Waals surface area contributed by atoms with Crippen LogP contribution in [0.5, 0.6) is 0 Å². The summed E-state index contributed by atoms with van der Waals surface area (Å²) in [4.78, 5) is 31.1. The highest BCUT2D eigenvalue weighted by Gasteiger charge is 2.48. The lowest BCUT2D eigenvalue weighted by atomic mass is 9.99. The molecule has 3 heterocycles. The third-order valence-electron chi connectivity index (χ3n) is 4.71. The number of rotatable bonds is 3. The zero-order valence-corrected chi connectivity index (χ0v) is 15.4. The van der Waals surface area contributed by atoms with Gasteiger partial charge in [-0.3, -0.25) is 19.5 Å². The van der Waals surface area contributed by atoms with Crippen LogP contribution in [0.2, 0.25) is 0 Å². The molecule has 140 valence electrons. The summed E-state index contributed by atoms with van der Waals surface area (Å²) in [5.74, 6) is -0.660. The number of carbonyl (C=O) groups excluding carboxylic acids is 2. The van der Waals surface area contributed by atoms with Gasteiger partial charge in [-0.2, -0.15) is 0 Å². The molecule has 1 aromatic carbocycles. The largest absolute Gasteiger partial charge is 0.507 e. The SMILES string of the molecule is Cc1cccc(N2C(=O)C(=O)/C(=C(\O)c3ccncc3)C2c2ccc(C)o2)c1. The molecule has 0 aliphatic carbocycles. The van der Waals surface area contributed by atoms with E-state index in [1.54, 1.807) is 37.3 Å². The number of amides is 1. The molecule has 1 saturated heterocycles. The van der Waals surface area contributed by atoms with Crippen LogP contribution in [0.1, 0.15) is 28.7 Å². The van der Waals surface area contributed by atoms with Crippen molar-refractivity contribution in [3.05, 3.63) is 89.1 Å². The van der Waals surface area contributed by atoms with Crippen LogP contribution in [0.3, 0.4) is 0 Å². The first-order chi connectivity index (χ1) is 13.5. The standard InChI is InChI=1S/C22H18N2O4/c1-13-4-3-5-16(12-13)24-19(17-7-6-14(2)28-17)18(21(26)22(24)27)20(25)15-8-10-23-11-9-15/h3-12,19,25H,1-2H3/b20-18-. The van der Waals surface area contributed by atoms with E-state index in [2.05, 4.69) is 4.98 Å². The van der Waals surface area contributed by atoms with Gasteiger partial charge in [-0.25, -0.2) is 0 Å². The van der Waals surface area contributed by atoms with Gasteiger partial charge in [0.15, 0.2) is 0 Å². The number of anilines is 1. The topological polar surface area (TPSA) is 83.6 Å². The maximum atomic E-state index is 12.9. The molecule has 28 heavy (non-hydrogen) atoms. The number of Topliss-reactive ketones (excluding diaryl/α,β-unsaturated/α-hetero) is 1. The average molecular weight is 374 g/mol. The number of carbonyl (C=O) groups is 2. The van der Waals surface area contributed by atoms with Gasteiger partial charge in [-0.15, -0.1) is 0 Å². The van der Waals surface area contributed by atoms with Crippen molar-refractivity contribution in [2.24, 2.45) is 0 Å². The number of aryl methyl sites for hydroxylation is 2. The molecule has 2 aromatic heterocycles. The summed E-state index contributed by atoms with van der Waals surface area (Å²) >= 11 is 0. The van der Waals surface area contributed by atoms with E-state index in [1.807, 2.05) is 25.1 Å². The molecule has 0 bridgehead atoms. The monoisotopic (exact) mass is 374 g/mol. The third kappa shape index (κ3) is 2.89. The zero-order chi connectivity index (χ0) is 19.8. The summed E-state index contributed by atoms with van der Waals surface area (Å²) in [6.07, 6.45) is 3.02. The van der Waals surface area contributed by atoms with Gasteiger partial charge < -0.3 is 9.52 Å². The van der Waals surface area contributed by atoms with E-state index in [1.165, 1.54) is 17.3 Å². The van der Waals surface area contributed by atoms with Crippen LogP contribution in [-0.4, -0.2) is 21.8 Å². The second-order valence-corrected chi connectivity index (χ2v) is 6.69. The first-order valence-corrected chi connectivity index (χ1v) is 8.82. The first-order valence-electron chi connectivity index (χ1n) is 8.82. The molecule has 1 N–H and O–H groups in total. The molecule has 6 heteroatoms. The summed E-state index contributed by atoms with van der Waals surface area (Å²) in [6, 6.07) is 13.1. The molecule has 1 aliphatic heterocycles. The molecule has 1 unspecified atom stereocenters. The van der Waals surface area contributed by atoms with E-state index in [0.717, 1.165) is 5.56 Å². The Morgan fingerprint density at radius 3 is 2.46 bits per heavy atom. The highest BCUT2D eigenvalue weighted by molar-refractivity contribution is 6.51.